The van der Waals surface area contributed by atoms with Crippen molar-refractivity contribution >= 4 is 29.2 Å². The highest BCUT2D eigenvalue weighted by atomic mass is 35.5. The Labute approximate surface area is 128 Å². The number of amides is 2. The topological polar surface area (TPSA) is 65.5 Å². The third kappa shape index (κ3) is 2.95. The van der Waals surface area contributed by atoms with Crippen LogP contribution in [0.5, 0.6) is 0 Å². The summed E-state index contributed by atoms with van der Waals surface area (Å²) in [5.74, 6) is 0.186. The summed E-state index contributed by atoms with van der Waals surface area (Å²) >= 11 is 5.83. The zero-order chi connectivity index (χ0) is 14.8. The van der Waals surface area contributed by atoms with E-state index in [1.165, 1.54) is 0 Å². The van der Waals surface area contributed by atoms with Gasteiger partial charge in [0.1, 0.15) is 11.7 Å². The van der Waals surface area contributed by atoms with Crippen molar-refractivity contribution in [3.63, 3.8) is 0 Å². The van der Waals surface area contributed by atoms with Gasteiger partial charge in [-0.3, -0.25) is 9.59 Å². The molecule has 2 aliphatic rings. The lowest BCUT2D eigenvalue weighted by atomic mass is 10.1. The van der Waals surface area contributed by atoms with E-state index in [-0.39, 0.29) is 11.8 Å². The summed E-state index contributed by atoms with van der Waals surface area (Å²) in [7, 11) is 0. The van der Waals surface area contributed by atoms with E-state index >= 15 is 0 Å². The van der Waals surface area contributed by atoms with Crippen molar-refractivity contribution in [2.75, 3.05) is 37.6 Å². The fraction of sp³-hybridized carbons (Fsp3) is 0.500. The summed E-state index contributed by atoms with van der Waals surface area (Å²) in [5, 5.41) is 3.32. The molecular weight excluding hydrogens is 292 g/mol. The van der Waals surface area contributed by atoms with E-state index in [2.05, 4.69) is 15.2 Å². The van der Waals surface area contributed by atoms with Crippen molar-refractivity contribution in [2.24, 2.45) is 5.92 Å². The van der Waals surface area contributed by atoms with E-state index in [0.717, 1.165) is 5.82 Å². The Bertz CT molecular complexity index is 540. The number of aromatic nitrogens is 1. The Balaban J connectivity index is 1.58. The number of nitrogens with zero attached hydrogens (tertiary/aromatic N) is 3. The van der Waals surface area contributed by atoms with Crippen LogP contribution in [0.3, 0.4) is 0 Å². The third-order valence-corrected chi connectivity index (χ3v) is 4.20. The Morgan fingerprint density at radius 3 is 2.62 bits per heavy atom. The maximum Gasteiger partial charge on any atom is 0.235 e. The Hall–Kier alpha value is -1.82. The first kappa shape index (κ1) is 14.1. The molecule has 0 saturated carbocycles. The molecule has 3 heterocycles. The molecule has 1 N–H and O–H groups in total. The van der Waals surface area contributed by atoms with Gasteiger partial charge in [0.05, 0.1) is 5.02 Å². The van der Waals surface area contributed by atoms with Gasteiger partial charge in [-0.2, -0.15) is 0 Å². The van der Waals surface area contributed by atoms with Crippen molar-refractivity contribution in [1.82, 2.24) is 15.2 Å². The van der Waals surface area contributed by atoms with E-state index in [0.29, 0.717) is 44.2 Å². The number of hydrogen-bond donors (Lipinski definition) is 1. The highest BCUT2D eigenvalue weighted by Crippen LogP contribution is 2.18. The molecular formula is C14H17ClN4O2. The molecule has 0 aromatic carbocycles. The fourth-order valence-electron chi connectivity index (χ4n) is 2.76. The first-order chi connectivity index (χ1) is 10.1. The number of hydrogen-bond acceptors (Lipinski definition) is 4. The molecule has 21 heavy (non-hydrogen) atoms. The van der Waals surface area contributed by atoms with Crippen molar-refractivity contribution in [2.45, 2.75) is 6.42 Å². The maximum atomic E-state index is 12.3. The summed E-state index contributed by atoms with van der Waals surface area (Å²) < 4.78 is 0. The zero-order valence-corrected chi connectivity index (χ0v) is 12.3. The molecule has 6 nitrogen and oxygen atoms in total. The first-order valence-electron chi connectivity index (χ1n) is 7.08. The van der Waals surface area contributed by atoms with Crippen LogP contribution in [-0.2, 0) is 9.59 Å². The van der Waals surface area contributed by atoms with Gasteiger partial charge in [-0.05, 0) is 18.6 Å². The van der Waals surface area contributed by atoms with Gasteiger partial charge in [-0.25, -0.2) is 4.98 Å². The molecule has 2 saturated heterocycles. The second kappa shape index (κ2) is 5.89. The SMILES string of the molecule is O=C1NCCC1C(=O)N1CCN(c2ccc(Cl)cn2)CC1. The van der Waals surface area contributed by atoms with Crippen LogP contribution in [-0.4, -0.2) is 54.4 Å². The predicted octanol–water partition coefficient (Wildman–Crippen LogP) is 0.520. The van der Waals surface area contributed by atoms with E-state index in [1.807, 2.05) is 12.1 Å². The molecule has 0 spiro atoms. The standard InChI is InChI=1S/C14H17ClN4O2/c15-10-1-2-12(17-9-10)18-5-7-19(8-6-18)14(21)11-3-4-16-13(11)20/h1-2,9,11H,3-8H2,(H,16,20). The Morgan fingerprint density at radius 2 is 2.05 bits per heavy atom. The van der Waals surface area contributed by atoms with Gasteiger partial charge < -0.3 is 15.1 Å². The molecule has 0 aliphatic carbocycles. The molecule has 2 aliphatic heterocycles. The molecule has 7 heteroatoms. The van der Waals surface area contributed by atoms with Gasteiger partial charge in [0.25, 0.3) is 0 Å². The van der Waals surface area contributed by atoms with E-state index in [4.69, 9.17) is 11.6 Å². The normalized spacial score (nSPS) is 22.3. The van der Waals surface area contributed by atoms with E-state index in [9.17, 15) is 9.59 Å². The number of pyridine rings is 1. The molecule has 0 bridgehead atoms. The minimum Gasteiger partial charge on any atom is -0.355 e. The van der Waals surface area contributed by atoms with Crippen LogP contribution in [0, 0.1) is 5.92 Å². The van der Waals surface area contributed by atoms with Crippen LogP contribution in [0.1, 0.15) is 6.42 Å². The van der Waals surface area contributed by atoms with E-state index < -0.39 is 5.92 Å². The fourth-order valence-corrected chi connectivity index (χ4v) is 2.87. The molecule has 3 rings (SSSR count). The number of rotatable bonds is 2. The molecule has 2 amide bonds. The monoisotopic (exact) mass is 308 g/mol. The zero-order valence-electron chi connectivity index (χ0n) is 11.6. The molecule has 1 aromatic rings. The largest absolute Gasteiger partial charge is 0.355 e. The second-order valence-corrected chi connectivity index (χ2v) is 5.72. The van der Waals surface area contributed by atoms with Crippen molar-refractivity contribution in [1.29, 1.82) is 0 Å². The van der Waals surface area contributed by atoms with Gasteiger partial charge >= 0.3 is 0 Å². The summed E-state index contributed by atoms with van der Waals surface area (Å²) in [6.45, 7) is 3.27. The van der Waals surface area contributed by atoms with Crippen molar-refractivity contribution in [3.8, 4) is 0 Å². The Morgan fingerprint density at radius 1 is 1.29 bits per heavy atom. The van der Waals surface area contributed by atoms with Crippen LogP contribution in [0.2, 0.25) is 5.02 Å². The third-order valence-electron chi connectivity index (χ3n) is 3.97. The predicted molar refractivity (Wildman–Crippen MR) is 79.2 cm³/mol. The molecule has 1 atom stereocenters. The molecule has 1 unspecified atom stereocenters. The number of piperazine rings is 1. The minimum absolute atomic E-state index is 0.0475. The summed E-state index contributed by atoms with van der Waals surface area (Å²) in [4.78, 5) is 32.1. The van der Waals surface area contributed by atoms with Crippen molar-refractivity contribution < 1.29 is 9.59 Å². The summed E-state index contributed by atoms with van der Waals surface area (Å²) in [6, 6.07) is 3.69. The highest BCUT2D eigenvalue weighted by Gasteiger charge is 2.35. The first-order valence-corrected chi connectivity index (χ1v) is 7.46. The number of anilines is 1. The Kier molecular flexibility index (Phi) is 3.96. The minimum atomic E-state index is -0.495. The lowest BCUT2D eigenvalue weighted by Crippen LogP contribution is -2.51. The lowest BCUT2D eigenvalue weighted by molar-refractivity contribution is -0.140. The van der Waals surface area contributed by atoms with Crippen molar-refractivity contribution in [3.05, 3.63) is 23.4 Å². The van der Waals surface area contributed by atoms with Crippen LogP contribution >= 0.6 is 11.6 Å². The average Bonchev–Trinajstić information content (AvgIpc) is 2.94. The quantitative estimate of drug-likeness (QED) is 0.809. The number of halogens is 1. The molecule has 1 aromatic heterocycles. The van der Waals surface area contributed by atoms with Crippen LogP contribution < -0.4 is 10.2 Å². The number of carbonyl (C=O) groups is 2. The smallest absolute Gasteiger partial charge is 0.235 e. The lowest BCUT2D eigenvalue weighted by Gasteiger charge is -2.36. The van der Waals surface area contributed by atoms with E-state index in [1.54, 1.807) is 11.1 Å². The number of nitrogens with one attached hydrogen (secondary N) is 1. The maximum absolute atomic E-state index is 12.3. The highest BCUT2D eigenvalue weighted by molar-refractivity contribution is 6.30. The van der Waals surface area contributed by atoms with Crippen LogP contribution in [0.25, 0.3) is 0 Å². The average molecular weight is 309 g/mol. The summed E-state index contributed by atoms with van der Waals surface area (Å²) in [5.41, 5.74) is 0. The van der Waals surface area contributed by atoms with Gasteiger partial charge in [-0.1, -0.05) is 11.6 Å². The molecule has 2 fully saturated rings. The second-order valence-electron chi connectivity index (χ2n) is 5.28. The van der Waals surface area contributed by atoms with Crippen LogP contribution in [0.4, 0.5) is 5.82 Å². The number of carbonyl (C=O) groups excluding carboxylic acids is 2. The van der Waals surface area contributed by atoms with Gasteiger partial charge in [-0.15, -0.1) is 0 Å². The van der Waals surface area contributed by atoms with Gasteiger partial charge in [0.15, 0.2) is 0 Å². The molecule has 112 valence electrons. The van der Waals surface area contributed by atoms with Gasteiger partial charge in [0, 0.05) is 38.9 Å². The molecule has 0 radical (unpaired) electrons. The van der Waals surface area contributed by atoms with Crippen LogP contribution in [0.15, 0.2) is 18.3 Å². The van der Waals surface area contributed by atoms with Gasteiger partial charge in [0.2, 0.25) is 11.8 Å². The summed E-state index contributed by atoms with van der Waals surface area (Å²) in [6.07, 6.45) is 2.23.